The molecule has 0 bridgehead atoms. The van der Waals surface area contributed by atoms with E-state index in [1.807, 2.05) is 11.0 Å². The van der Waals surface area contributed by atoms with Crippen molar-refractivity contribution >= 4 is 5.97 Å². The van der Waals surface area contributed by atoms with Crippen LogP contribution in [0.1, 0.15) is 24.8 Å². The van der Waals surface area contributed by atoms with E-state index >= 15 is 0 Å². The molecule has 0 amide bonds. The van der Waals surface area contributed by atoms with Crippen LogP contribution in [0, 0.1) is 5.82 Å². The van der Waals surface area contributed by atoms with Crippen molar-refractivity contribution in [2.75, 3.05) is 6.54 Å². The SMILES string of the molecule is O=C(O)C1CCCCN1Cc1cccc(F)c1. The van der Waals surface area contributed by atoms with Gasteiger partial charge in [-0.2, -0.15) is 0 Å². The summed E-state index contributed by atoms with van der Waals surface area (Å²) in [6, 6.07) is 5.93. The third-order valence-electron chi connectivity index (χ3n) is 3.17. The maximum absolute atomic E-state index is 13.0. The number of carbonyl (C=O) groups is 1. The Morgan fingerprint density at radius 2 is 2.29 bits per heavy atom. The first-order valence-electron chi connectivity index (χ1n) is 5.88. The Kier molecular flexibility index (Phi) is 3.74. The van der Waals surface area contributed by atoms with Crippen LogP contribution in [-0.4, -0.2) is 28.6 Å². The van der Waals surface area contributed by atoms with E-state index in [0.717, 1.165) is 24.9 Å². The predicted octanol–water partition coefficient (Wildman–Crippen LogP) is 2.26. The summed E-state index contributed by atoms with van der Waals surface area (Å²) in [4.78, 5) is 13.0. The Hall–Kier alpha value is -1.42. The average Bonchev–Trinajstić information content (AvgIpc) is 2.29. The number of nitrogens with zero attached hydrogens (tertiary/aromatic N) is 1. The summed E-state index contributed by atoms with van der Waals surface area (Å²) in [6.07, 6.45) is 2.65. The summed E-state index contributed by atoms with van der Waals surface area (Å²) in [5, 5.41) is 9.13. The van der Waals surface area contributed by atoms with Crippen LogP contribution in [0.25, 0.3) is 0 Å². The molecule has 1 heterocycles. The van der Waals surface area contributed by atoms with Gasteiger partial charge in [0.25, 0.3) is 0 Å². The van der Waals surface area contributed by atoms with Crippen molar-refractivity contribution in [3.63, 3.8) is 0 Å². The van der Waals surface area contributed by atoms with Gasteiger partial charge in [0.05, 0.1) is 0 Å². The number of piperidine rings is 1. The van der Waals surface area contributed by atoms with E-state index in [2.05, 4.69) is 0 Å². The van der Waals surface area contributed by atoms with E-state index in [4.69, 9.17) is 5.11 Å². The fraction of sp³-hybridized carbons (Fsp3) is 0.462. The van der Waals surface area contributed by atoms with Gasteiger partial charge in [-0.1, -0.05) is 18.6 Å². The van der Waals surface area contributed by atoms with Crippen molar-refractivity contribution in [2.45, 2.75) is 31.8 Å². The first-order chi connectivity index (χ1) is 8.16. The Labute approximate surface area is 99.9 Å². The lowest BCUT2D eigenvalue weighted by atomic mass is 10.0. The molecule has 4 heteroatoms. The number of benzene rings is 1. The van der Waals surface area contributed by atoms with Gasteiger partial charge in [-0.15, -0.1) is 0 Å². The van der Waals surface area contributed by atoms with Crippen LogP contribution in [0.5, 0.6) is 0 Å². The molecule has 1 fully saturated rings. The van der Waals surface area contributed by atoms with Gasteiger partial charge in [-0.25, -0.2) is 4.39 Å². The number of hydrogen-bond acceptors (Lipinski definition) is 2. The molecule has 1 aromatic rings. The Morgan fingerprint density at radius 3 is 3.00 bits per heavy atom. The number of carboxylic acid groups (broad SMARTS) is 1. The van der Waals surface area contributed by atoms with E-state index < -0.39 is 12.0 Å². The van der Waals surface area contributed by atoms with E-state index in [1.54, 1.807) is 6.07 Å². The lowest BCUT2D eigenvalue weighted by molar-refractivity contribution is -0.144. The highest BCUT2D eigenvalue weighted by Crippen LogP contribution is 2.20. The van der Waals surface area contributed by atoms with Crippen molar-refractivity contribution in [2.24, 2.45) is 0 Å². The van der Waals surface area contributed by atoms with E-state index in [0.29, 0.717) is 13.0 Å². The van der Waals surface area contributed by atoms with Crippen molar-refractivity contribution in [3.05, 3.63) is 35.6 Å². The monoisotopic (exact) mass is 237 g/mol. The predicted molar refractivity (Wildman–Crippen MR) is 62.1 cm³/mol. The minimum Gasteiger partial charge on any atom is -0.480 e. The number of aliphatic carboxylic acids is 1. The molecule has 0 aliphatic carbocycles. The molecule has 1 aliphatic rings. The average molecular weight is 237 g/mol. The molecule has 3 nitrogen and oxygen atoms in total. The van der Waals surface area contributed by atoms with Gasteiger partial charge in [0.2, 0.25) is 0 Å². The molecule has 1 unspecified atom stereocenters. The summed E-state index contributed by atoms with van der Waals surface area (Å²) in [7, 11) is 0. The van der Waals surface area contributed by atoms with Gasteiger partial charge < -0.3 is 5.11 Å². The molecule has 92 valence electrons. The smallest absolute Gasteiger partial charge is 0.320 e. The molecule has 1 N–H and O–H groups in total. The number of carboxylic acids is 1. The molecule has 1 atom stereocenters. The van der Waals surface area contributed by atoms with Crippen LogP contribution < -0.4 is 0 Å². The second-order valence-corrected chi connectivity index (χ2v) is 4.45. The largest absolute Gasteiger partial charge is 0.480 e. The maximum Gasteiger partial charge on any atom is 0.320 e. The van der Waals surface area contributed by atoms with E-state index in [9.17, 15) is 9.18 Å². The molecular weight excluding hydrogens is 221 g/mol. The molecule has 1 aromatic carbocycles. The number of likely N-dealkylation sites (tertiary alicyclic amines) is 1. The molecule has 17 heavy (non-hydrogen) atoms. The molecule has 1 saturated heterocycles. The van der Waals surface area contributed by atoms with Crippen molar-refractivity contribution in [3.8, 4) is 0 Å². The Bertz CT molecular complexity index is 408. The normalized spacial score (nSPS) is 21.4. The topological polar surface area (TPSA) is 40.5 Å². The standard InChI is InChI=1S/C13H16FNO2/c14-11-5-3-4-10(8-11)9-15-7-2-1-6-12(15)13(16)17/h3-5,8,12H,1-2,6-7,9H2,(H,16,17). The first kappa shape index (κ1) is 12.0. The van der Waals surface area contributed by atoms with Crippen LogP contribution in [0.4, 0.5) is 4.39 Å². The van der Waals surface area contributed by atoms with Crippen LogP contribution in [0.15, 0.2) is 24.3 Å². The molecule has 1 aliphatic heterocycles. The lowest BCUT2D eigenvalue weighted by Crippen LogP contribution is -2.43. The van der Waals surface area contributed by atoms with Gasteiger partial charge in [0, 0.05) is 6.54 Å². The van der Waals surface area contributed by atoms with Crippen LogP contribution in [0.2, 0.25) is 0 Å². The van der Waals surface area contributed by atoms with Gasteiger partial charge in [0.15, 0.2) is 0 Å². The fourth-order valence-electron chi connectivity index (χ4n) is 2.33. The summed E-state index contributed by atoms with van der Waals surface area (Å²) in [5.41, 5.74) is 0.832. The second kappa shape index (κ2) is 5.27. The van der Waals surface area contributed by atoms with Crippen molar-refractivity contribution < 1.29 is 14.3 Å². The highest BCUT2D eigenvalue weighted by molar-refractivity contribution is 5.73. The molecular formula is C13H16FNO2. The number of hydrogen-bond donors (Lipinski definition) is 1. The van der Waals surface area contributed by atoms with E-state index in [1.165, 1.54) is 12.1 Å². The summed E-state index contributed by atoms with van der Waals surface area (Å²) in [5.74, 6) is -1.05. The maximum atomic E-state index is 13.0. The summed E-state index contributed by atoms with van der Waals surface area (Å²) >= 11 is 0. The molecule has 0 radical (unpaired) electrons. The minimum atomic E-state index is -0.777. The molecule has 2 rings (SSSR count). The summed E-state index contributed by atoms with van der Waals surface area (Å²) < 4.78 is 13.0. The van der Waals surface area contributed by atoms with Gasteiger partial charge >= 0.3 is 5.97 Å². The highest BCUT2D eigenvalue weighted by atomic mass is 19.1. The van der Waals surface area contributed by atoms with E-state index in [-0.39, 0.29) is 5.82 Å². The zero-order valence-electron chi connectivity index (χ0n) is 9.60. The van der Waals surface area contributed by atoms with Gasteiger partial charge in [0.1, 0.15) is 11.9 Å². The molecule has 0 saturated carbocycles. The van der Waals surface area contributed by atoms with Crippen LogP contribution >= 0.6 is 0 Å². The fourth-order valence-corrected chi connectivity index (χ4v) is 2.33. The van der Waals surface area contributed by atoms with Gasteiger partial charge in [-0.05, 0) is 37.1 Å². The summed E-state index contributed by atoms with van der Waals surface area (Å²) in [6.45, 7) is 1.28. The number of rotatable bonds is 3. The zero-order chi connectivity index (χ0) is 12.3. The minimum absolute atomic E-state index is 0.272. The zero-order valence-corrected chi connectivity index (χ0v) is 9.60. The molecule has 0 spiro atoms. The Balaban J connectivity index is 2.08. The van der Waals surface area contributed by atoms with Crippen LogP contribution in [0.3, 0.4) is 0 Å². The number of halogens is 1. The Morgan fingerprint density at radius 1 is 1.47 bits per heavy atom. The highest BCUT2D eigenvalue weighted by Gasteiger charge is 2.28. The third kappa shape index (κ3) is 3.03. The first-order valence-corrected chi connectivity index (χ1v) is 5.88. The molecule has 0 aromatic heterocycles. The lowest BCUT2D eigenvalue weighted by Gasteiger charge is -2.32. The van der Waals surface area contributed by atoms with Crippen molar-refractivity contribution in [1.82, 2.24) is 4.90 Å². The van der Waals surface area contributed by atoms with Gasteiger partial charge in [-0.3, -0.25) is 9.69 Å². The second-order valence-electron chi connectivity index (χ2n) is 4.45. The third-order valence-corrected chi connectivity index (χ3v) is 3.17. The van der Waals surface area contributed by atoms with Crippen LogP contribution in [-0.2, 0) is 11.3 Å². The van der Waals surface area contributed by atoms with Crippen molar-refractivity contribution in [1.29, 1.82) is 0 Å². The quantitative estimate of drug-likeness (QED) is 0.876.